The van der Waals surface area contributed by atoms with E-state index in [1.54, 1.807) is 0 Å². The van der Waals surface area contributed by atoms with E-state index in [2.05, 4.69) is 26.1 Å². The van der Waals surface area contributed by atoms with Gasteiger partial charge < -0.3 is 11.1 Å². The fourth-order valence-electron chi connectivity index (χ4n) is 1.98. The van der Waals surface area contributed by atoms with Gasteiger partial charge in [0.2, 0.25) is 0 Å². The Labute approximate surface area is 82.3 Å². The molecule has 0 aromatic heterocycles. The molecule has 0 aromatic carbocycles. The maximum Gasteiger partial charge on any atom is 0.00722 e. The molecule has 1 unspecified atom stereocenters. The third-order valence-electron chi connectivity index (χ3n) is 3.29. The highest BCUT2D eigenvalue weighted by Gasteiger charge is 2.25. The molecule has 0 radical (unpaired) electrons. The molecule has 0 bridgehead atoms. The van der Waals surface area contributed by atoms with Crippen molar-refractivity contribution in [2.45, 2.75) is 39.7 Å². The van der Waals surface area contributed by atoms with E-state index < -0.39 is 0 Å². The van der Waals surface area contributed by atoms with Crippen molar-refractivity contribution in [2.24, 2.45) is 23.5 Å². The molecule has 0 aliphatic heterocycles. The molecule has 0 aromatic rings. The standard InChI is InChI=1S/C11H24N2/c1-8(2)10(6-12)7-13-11-4-9(3)5-11/h8-11,13H,4-7,12H2,1-3H3. The quantitative estimate of drug-likeness (QED) is 0.681. The molecule has 1 atom stereocenters. The van der Waals surface area contributed by atoms with Gasteiger partial charge in [0.25, 0.3) is 0 Å². The van der Waals surface area contributed by atoms with Crippen LogP contribution in [-0.4, -0.2) is 19.1 Å². The van der Waals surface area contributed by atoms with Gasteiger partial charge in [0, 0.05) is 6.04 Å². The summed E-state index contributed by atoms with van der Waals surface area (Å²) < 4.78 is 0. The first-order valence-corrected chi connectivity index (χ1v) is 5.57. The summed E-state index contributed by atoms with van der Waals surface area (Å²) in [4.78, 5) is 0. The highest BCUT2D eigenvalue weighted by molar-refractivity contribution is 4.83. The molecule has 3 N–H and O–H groups in total. The predicted molar refractivity (Wildman–Crippen MR) is 57.6 cm³/mol. The summed E-state index contributed by atoms with van der Waals surface area (Å²) in [5.74, 6) is 2.29. The first kappa shape index (κ1) is 11.0. The zero-order chi connectivity index (χ0) is 9.84. The highest BCUT2D eigenvalue weighted by atomic mass is 14.9. The lowest BCUT2D eigenvalue weighted by molar-refractivity contribution is 0.223. The normalized spacial score (nSPS) is 30.2. The molecule has 1 rings (SSSR count). The van der Waals surface area contributed by atoms with E-state index in [1.165, 1.54) is 12.8 Å². The summed E-state index contributed by atoms with van der Waals surface area (Å²) in [6.07, 6.45) is 2.71. The van der Waals surface area contributed by atoms with Crippen molar-refractivity contribution in [3.63, 3.8) is 0 Å². The molecule has 1 fully saturated rings. The van der Waals surface area contributed by atoms with Crippen LogP contribution < -0.4 is 11.1 Å². The van der Waals surface area contributed by atoms with E-state index in [0.29, 0.717) is 11.8 Å². The number of hydrogen-bond acceptors (Lipinski definition) is 2. The van der Waals surface area contributed by atoms with E-state index in [-0.39, 0.29) is 0 Å². The Morgan fingerprint density at radius 3 is 2.38 bits per heavy atom. The zero-order valence-electron chi connectivity index (χ0n) is 9.22. The first-order chi connectivity index (χ1) is 6.13. The maximum atomic E-state index is 5.71. The van der Waals surface area contributed by atoms with Crippen LogP contribution in [-0.2, 0) is 0 Å². The van der Waals surface area contributed by atoms with Gasteiger partial charge in [-0.25, -0.2) is 0 Å². The van der Waals surface area contributed by atoms with Crippen LogP contribution in [0.1, 0.15) is 33.6 Å². The Balaban J connectivity index is 2.10. The van der Waals surface area contributed by atoms with Gasteiger partial charge in [-0.1, -0.05) is 20.8 Å². The molecule has 13 heavy (non-hydrogen) atoms. The minimum Gasteiger partial charge on any atom is -0.330 e. The molecule has 1 aliphatic carbocycles. The monoisotopic (exact) mass is 184 g/mol. The molecule has 2 nitrogen and oxygen atoms in total. The van der Waals surface area contributed by atoms with Gasteiger partial charge in [0.15, 0.2) is 0 Å². The van der Waals surface area contributed by atoms with Crippen LogP contribution in [0.25, 0.3) is 0 Å². The van der Waals surface area contributed by atoms with Crippen molar-refractivity contribution in [1.82, 2.24) is 5.32 Å². The number of rotatable bonds is 5. The third-order valence-corrected chi connectivity index (χ3v) is 3.29. The van der Waals surface area contributed by atoms with Crippen molar-refractivity contribution in [3.8, 4) is 0 Å². The molecule has 0 heterocycles. The second-order valence-corrected chi connectivity index (χ2v) is 4.92. The molecule has 1 aliphatic rings. The third kappa shape index (κ3) is 3.28. The molecule has 1 saturated carbocycles. The van der Waals surface area contributed by atoms with E-state index in [0.717, 1.165) is 25.0 Å². The molecule has 0 spiro atoms. The topological polar surface area (TPSA) is 38.0 Å². The summed E-state index contributed by atoms with van der Waals surface area (Å²) in [5.41, 5.74) is 5.71. The van der Waals surface area contributed by atoms with Crippen molar-refractivity contribution in [2.75, 3.05) is 13.1 Å². The van der Waals surface area contributed by atoms with Crippen molar-refractivity contribution in [3.05, 3.63) is 0 Å². The highest BCUT2D eigenvalue weighted by Crippen LogP contribution is 2.26. The maximum absolute atomic E-state index is 5.71. The van der Waals surface area contributed by atoms with Crippen molar-refractivity contribution >= 4 is 0 Å². The van der Waals surface area contributed by atoms with E-state index >= 15 is 0 Å². The van der Waals surface area contributed by atoms with Crippen LogP contribution in [0.2, 0.25) is 0 Å². The lowest BCUT2D eigenvalue weighted by atomic mass is 9.81. The minimum atomic E-state index is 0.649. The fourth-order valence-corrected chi connectivity index (χ4v) is 1.98. The Bertz CT molecular complexity index is 139. The average Bonchev–Trinajstić information content (AvgIpc) is 2.01. The number of hydrogen-bond donors (Lipinski definition) is 2. The summed E-state index contributed by atoms with van der Waals surface area (Å²) in [6, 6.07) is 0.780. The summed E-state index contributed by atoms with van der Waals surface area (Å²) >= 11 is 0. The van der Waals surface area contributed by atoms with E-state index in [4.69, 9.17) is 5.73 Å². The Kier molecular flexibility index (Phi) is 4.20. The summed E-state index contributed by atoms with van der Waals surface area (Å²) in [7, 11) is 0. The summed E-state index contributed by atoms with van der Waals surface area (Å²) in [5, 5.41) is 3.60. The second kappa shape index (κ2) is 4.97. The van der Waals surface area contributed by atoms with Gasteiger partial charge in [-0.2, -0.15) is 0 Å². The lowest BCUT2D eigenvalue weighted by Gasteiger charge is -2.35. The van der Waals surface area contributed by atoms with Crippen LogP contribution in [0.15, 0.2) is 0 Å². The average molecular weight is 184 g/mol. The molecular formula is C11H24N2. The molecule has 0 amide bonds. The number of nitrogens with one attached hydrogen (secondary N) is 1. The molecule has 0 saturated heterocycles. The Hall–Kier alpha value is -0.0800. The second-order valence-electron chi connectivity index (χ2n) is 4.92. The van der Waals surface area contributed by atoms with Crippen molar-refractivity contribution < 1.29 is 0 Å². The van der Waals surface area contributed by atoms with Gasteiger partial charge in [0.1, 0.15) is 0 Å². The van der Waals surface area contributed by atoms with Gasteiger partial charge in [0.05, 0.1) is 0 Å². The van der Waals surface area contributed by atoms with Crippen LogP contribution in [0.3, 0.4) is 0 Å². The Morgan fingerprint density at radius 1 is 1.38 bits per heavy atom. The molecule has 78 valence electrons. The van der Waals surface area contributed by atoms with E-state index in [1.807, 2.05) is 0 Å². The molecule has 2 heteroatoms. The van der Waals surface area contributed by atoms with Crippen LogP contribution in [0, 0.1) is 17.8 Å². The van der Waals surface area contributed by atoms with Gasteiger partial charge >= 0.3 is 0 Å². The largest absolute Gasteiger partial charge is 0.330 e. The van der Waals surface area contributed by atoms with Crippen LogP contribution >= 0.6 is 0 Å². The fraction of sp³-hybridized carbons (Fsp3) is 1.00. The minimum absolute atomic E-state index is 0.649. The smallest absolute Gasteiger partial charge is 0.00722 e. The van der Waals surface area contributed by atoms with Crippen LogP contribution in [0.4, 0.5) is 0 Å². The molecular weight excluding hydrogens is 160 g/mol. The van der Waals surface area contributed by atoms with Gasteiger partial charge in [-0.15, -0.1) is 0 Å². The first-order valence-electron chi connectivity index (χ1n) is 5.57. The van der Waals surface area contributed by atoms with Crippen LogP contribution in [0.5, 0.6) is 0 Å². The lowest BCUT2D eigenvalue weighted by Crippen LogP contribution is -2.44. The predicted octanol–water partition coefficient (Wildman–Crippen LogP) is 1.61. The SMILES string of the molecule is CC1CC(NCC(CN)C(C)C)C1. The Morgan fingerprint density at radius 2 is 2.00 bits per heavy atom. The van der Waals surface area contributed by atoms with Gasteiger partial charge in [-0.3, -0.25) is 0 Å². The van der Waals surface area contributed by atoms with Gasteiger partial charge in [-0.05, 0) is 43.7 Å². The summed E-state index contributed by atoms with van der Waals surface area (Å²) in [6.45, 7) is 8.74. The number of nitrogens with two attached hydrogens (primary N) is 1. The zero-order valence-corrected chi connectivity index (χ0v) is 9.22. The van der Waals surface area contributed by atoms with E-state index in [9.17, 15) is 0 Å². The van der Waals surface area contributed by atoms with Crippen molar-refractivity contribution in [1.29, 1.82) is 0 Å².